The van der Waals surface area contributed by atoms with Crippen molar-refractivity contribution >= 4 is 6.03 Å². The molecular formula is C26H34FN3O2. The van der Waals surface area contributed by atoms with Gasteiger partial charge in [-0.2, -0.15) is 0 Å². The number of nitrogens with zero attached hydrogens (tertiary/aromatic N) is 3. The van der Waals surface area contributed by atoms with E-state index in [1.807, 2.05) is 40.1 Å². The second kappa shape index (κ2) is 9.20. The van der Waals surface area contributed by atoms with Crippen LogP contribution in [0.25, 0.3) is 0 Å². The number of halogens is 1. The molecule has 6 heteroatoms. The first kappa shape index (κ1) is 22.7. The van der Waals surface area contributed by atoms with Crippen molar-refractivity contribution in [1.82, 2.24) is 14.7 Å². The first-order chi connectivity index (χ1) is 15.2. The predicted molar refractivity (Wildman–Crippen MR) is 124 cm³/mol. The van der Waals surface area contributed by atoms with E-state index in [9.17, 15) is 14.3 Å². The van der Waals surface area contributed by atoms with Gasteiger partial charge in [0.15, 0.2) is 0 Å². The van der Waals surface area contributed by atoms with Crippen LogP contribution in [0.5, 0.6) is 0 Å². The maximum atomic E-state index is 14.0. The Labute approximate surface area is 190 Å². The number of carbonyl (C=O) groups excluding carboxylic acids is 1. The summed E-state index contributed by atoms with van der Waals surface area (Å²) in [6, 6.07) is 13.2. The fourth-order valence-electron chi connectivity index (χ4n) is 4.80. The Bertz CT molecular complexity index is 947. The summed E-state index contributed by atoms with van der Waals surface area (Å²) in [5.74, 6) is -0.254. The minimum atomic E-state index is -0.754. The fraction of sp³-hybridized carbons (Fsp3) is 0.500. The second-order valence-electron chi connectivity index (χ2n) is 10.0. The predicted octanol–water partition coefficient (Wildman–Crippen LogP) is 4.17. The summed E-state index contributed by atoms with van der Waals surface area (Å²) >= 11 is 0. The summed E-state index contributed by atoms with van der Waals surface area (Å²) < 4.78 is 14.0. The highest BCUT2D eigenvalue weighted by atomic mass is 19.1. The third-order valence-corrected chi connectivity index (χ3v) is 6.55. The molecule has 0 saturated carbocycles. The molecule has 0 atom stereocenters. The van der Waals surface area contributed by atoms with Gasteiger partial charge in [-0.3, -0.25) is 0 Å². The summed E-state index contributed by atoms with van der Waals surface area (Å²) in [6.45, 7) is 6.97. The molecule has 0 bridgehead atoms. The standard InChI is InChI=1S/C26H34FN3O2/c1-26(2,32)15-19-4-6-20(7-5-19)16-29-17-21-8-9-23(27)14-22(21)18-30(25(29)31)24-10-12-28(3)13-11-24/h4-9,14,24,32H,10-13,15-18H2,1-3H3. The quantitative estimate of drug-likeness (QED) is 0.761. The molecule has 2 aliphatic heterocycles. The lowest BCUT2D eigenvalue weighted by molar-refractivity contribution is 0.0810. The van der Waals surface area contributed by atoms with E-state index in [1.54, 1.807) is 19.9 Å². The van der Waals surface area contributed by atoms with Crippen LogP contribution in [0.2, 0.25) is 0 Å². The average Bonchev–Trinajstić information content (AvgIpc) is 2.86. The number of piperidine rings is 1. The Morgan fingerprint density at radius 3 is 2.31 bits per heavy atom. The number of urea groups is 1. The van der Waals surface area contributed by atoms with Crippen LogP contribution >= 0.6 is 0 Å². The highest BCUT2D eigenvalue weighted by Gasteiger charge is 2.33. The lowest BCUT2D eigenvalue weighted by Crippen LogP contribution is -2.49. The normalized spacial score (nSPS) is 18.6. The molecule has 4 rings (SSSR count). The third kappa shape index (κ3) is 5.48. The number of aliphatic hydroxyl groups is 1. The van der Waals surface area contributed by atoms with Gasteiger partial charge in [-0.25, -0.2) is 9.18 Å². The van der Waals surface area contributed by atoms with Crippen molar-refractivity contribution in [2.45, 2.75) is 64.4 Å². The molecule has 172 valence electrons. The van der Waals surface area contributed by atoms with E-state index >= 15 is 0 Å². The molecule has 2 aliphatic rings. The zero-order valence-electron chi connectivity index (χ0n) is 19.4. The second-order valence-corrected chi connectivity index (χ2v) is 10.0. The molecule has 0 spiro atoms. The Balaban J connectivity index is 1.57. The Morgan fingerprint density at radius 2 is 1.66 bits per heavy atom. The number of hydrogen-bond donors (Lipinski definition) is 1. The molecule has 1 fully saturated rings. The topological polar surface area (TPSA) is 47.0 Å². The summed E-state index contributed by atoms with van der Waals surface area (Å²) in [4.78, 5) is 19.8. The van der Waals surface area contributed by atoms with Crippen LogP contribution in [0, 0.1) is 5.82 Å². The molecular weight excluding hydrogens is 405 g/mol. The largest absolute Gasteiger partial charge is 0.390 e. The molecule has 32 heavy (non-hydrogen) atoms. The van der Waals surface area contributed by atoms with Crippen LogP contribution in [-0.4, -0.2) is 57.6 Å². The van der Waals surface area contributed by atoms with Crippen LogP contribution < -0.4 is 0 Å². The highest BCUT2D eigenvalue weighted by molar-refractivity contribution is 5.75. The van der Waals surface area contributed by atoms with Crippen molar-refractivity contribution in [2.75, 3.05) is 20.1 Å². The zero-order chi connectivity index (χ0) is 22.9. The van der Waals surface area contributed by atoms with Gasteiger partial charge in [0.25, 0.3) is 0 Å². The molecule has 2 aromatic rings. The van der Waals surface area contributed by atoms with Crippen LogP contribution in [0.4, 0.5) is 9.18 Å². The van der Waals surface area contributed by atoms with Gasteiger partial charge in [0, 0.05) is 32.1 Å². The Kier molecular flexibility index (Phi) is 6.54. The van der Waals surface area contributed by atoms with Crippen LogP contribution in [-0.2, 0) is 26.1 Å². The molecule has 1 saturated heterocycles. The molecule has 0 aromatic heterocycles. The van der Waals surface area contributed by atoms with Crippen molar-refractivity contribution in [3.8, 4) is 0 Å². The highest BCUT2D eigenvalue weighted by Crippen LogP contribution is 2.28. The fourth-order valence-corrected chi connectivity index (χ4v) is 4.80. The molecule has 2 aromatic carbocycles. The monoisotopic (exact) mass is 439 g/mol. The summed E-state index contributed by atoms with van der Waals surface area (Å²) in [5, 5.41) is 10.1. The minimum Gasteiger partial charge on any atom is -0.390 e. The first-order valence-electron chi connectivity index (χ1n) is 11.5. The van der Waals surface area contributed by atoms with Crippen molar-refractivity contribution in [2.24, 2.45) is 0 Å². The van der Waals surface area contributed by atoms with E-state index in [0.717, 1.165) is 48.2 Å². The van der Waals surface area contributed by atoms with Crippen molar-refractivity contribution in [3.05, 3.63) is 70.5 Å². The summed E-state index contributed by atoms with van der Waals surface area (Å²) in [5.41, 5.74) is 3.27. The van der Waals surface area contributed by atoms with E-state index in [-0.39, 0.29) is 17.9 Å². The SMILES string of the molecule is CN1CCC(N2Cc3cc(F)ccc3CN(Cc3ccc(CC(C)(C)O)cc3)C2=O)CC1. The van der Waals surface area contributed by atoms with Gasteiger partial charge in [0.05, 0.1) is 5.60 Å². The molecule has 2 amide bonds. The first-order valence-corrected chi connectivity index (χ1v) is 11.5. The number of hydrogen-bond acceptors (Lipinski definition) is 3. The van der Waals surface area contributed by atoms with Crippen LogP contribution in [0.3, 0.4) is 0 Å². The van der Waals surface area contributed by atoms with Crippen molar-refractivity contribution < 1.29 is 14.3 Å². The minimum absolute atomic E-state index is 0.0247. The lowest BCUT2D eigenvalue weighted by atomic mass is 9.98. The van der Waals surface area contributed by atoms with E-state index in [4.69, 9.17) is 0 Å². The summed E-state index contributed by atoms with van der Waals surface area (Å²) in [7, 11) is 2.11. The molecule has 0 radical (unpaired) electrons. The van der Waals surface area contributed by atoms with Crippen molar-refractivity contribution in [3.63, 3.8) is 0 Å². The van der Waals surface area contributed by atoms with Gasteiger partial charge in [0.2, 0.25) is 0 Å². The summed E-state index contributed by atoms with van der Waals surface area (Å²) in [6.07, 6.45) is 2.46. The number of rotatable bonds is 5. The maximum absolute atomic E-state index is 14.0. The van der Waals surface area contributed by atoms with E-state index in [0.29, 0.717) is 26.1 Å². The van der Waals surface area contributed by atoms with Crippen molar-refractivity contribution in [1.29, 1.82) is 0 Å². The van der Waals surface area contributed by atoms with E-state index < -0.39 is 5.60 Å². The van der Waals surface area contributed by atoms with Gasteiger partial charge < -0.3 is 19.8 Å². The number of fused-ring (bicyclic) bond motifs is 1. The third-order valence-electron chi connectivity index (χ3n) is 6.55. The Hall–Kier alpha value is -2.44. The number of amides is 2. The van der Waals surface area contributed by atoms with Gasteiger partial charge in [-0.15, -0.1) is 0 Å². The maximum Gasteiger partial charge on any atom is 0.321 e. The van der Waals surface area contributed by atoms with Gasteiger partial charge in [-0.05, 0) is 81.2 Å². The average molecular weight is 440 g/mol. The van der Waals surface area contributed by atoms with Gasteiger partial charge >= 0.3 is 6.03 Å². The molecule has 0 unspecified atom stereocenters. The smallest absolute Gasteiger partial charge is 0.321 e. The van der Waals surface area contributed by atoms with E-state index in [1.165, 1.54) is 6.07 Å². The number of likely N-dealkylation sites (tertiary alicyclic amines) is 1. The van der Waals surface area contributed by atoms with Crippen LogP contribution in [0.1, 0.15) is 48.9 Å². The van der Waals surface area contributed by atoms with Gasteiger partial charge in [0.1, 0.15) is 5.82 Å². The Morgan fingerprint density at radius 1 is 1.00 bits per heavy atom. The molecule has 5 nitrogen and oxygen atoms in total. The molecule has 0 aliphatic carbocycles. The lowest BCUT2D eigenvalue weighted by Gasteiger charge is -2.38. The molecule has 1 N–H and O–H groups in total. The van der Waals surface area contributed by atoms with Gasteiger partial charge in [-0.1, -0.05) is 30.3 Å². The van der Waals surface area contributed by atoms with Crippen LogP contribution in [0.15, 0.2) is 42.5 Å². The number of carbonyl (C=O) groups is 1. The zero-order valence-corrected chi connectivity index (χ0v) is 19.4. The number of benzene rings is 2. The van der Waals surface area contributed by atoms with E-state index in [2.05, 4.69) is 11.9 Å². The molecule has 2 heterocycles.